The zero-order chi connectivity index (χ0) is 27.4. The Morgan fingerprint density at radius 1 is 0.632 bits per heavy atom. The van der Waals surface area contributed by atoms with Gasteiger partial charge in [0.15, 0.2) is 0 Å². The van der Waals surface area contributed by atoms with E-state index in [1.54, 1.807) is 67.5 Å². The molecule has 0 spiro atoms. The van der Waals surface area contributed by atoms with Crippen LogP contribution in [-0.4, -0.2) is 40.0 Å². The molecule has 8 heteroatoms. The summed E-state index contributed by atoms with van der Waals surface area (Å²) in [6, 6.07) is 24.2. The molecule has 4 aromatic rings. The van der Waals surface area contributed by atoms with Crippen molar-refractivity contribution >= 4 is 46.2 Å². The first-order valence-electron chi connectivity index (χ1n) is 11.9. The van der Waals surface area contributed by atoms with Crippen LogP contribution in [0.4, 0.5) is 27.1 Å². The summed E-state index contributed by atoms with van der Waals surface area (Å²) in [5.41, 5.74) is 5.04. The molecule has 4 rings (SSSR count). The van der Waals surface area contributed by atoms with Gasteiger partial charge in [0.1, 0.15) is 5.82 Å². The van der Waals surface area contributed by atoms with Crippen LogP contribution in [0.2, 0.25) is 5.02 Å². The van der Waals surface area contributed by atoms with Gasteiger partial charge in [0, 0.05) is 50.7 Å². The quantitative estimate of drug-likeness (QED) is 0.276. The number of carbonyl (C=O) groups excluding carboxylic acids is 2. The van der Waals surface area contributed by atoms with Crippen molar-refractivity contribution in [2.24, 2.45) is 0 Å². The number of anilines is 4. The lowest BCUT2D eigenvalue weighted by Gasteiger charge is -2.15. The molecule has 0 aliphatic heterocycles. The minimum absolute atomic E-state index is 0.243. The molecule has 194 valence electrons. The van der Waals surface area contributed by atoms with Crippen LogP contribution in [0.1, 0.15) is 20.7 Å². The highest BCUT2D eigenvalue weighted by molar-refractivity contribution is 6.33. The molecule has 0 atom stereocenters. The Balaban J connectivity index is 1.40. The van der Waals surface area contributed by atoms with E-state index in [1.807, 2.05) is 49.3 Å². The van der Waals surface area contributed by atoms with E-state index in [-0.39, 0.29) is 11.8 Å². The Morgan fingerprint density at radius 3 is 1.45 bits per heavy atom. The van der Waals surface area contributed by atoms with Crippen LogP contribution >= 0.6 is 11.6 Å². The molecule has 0 fully saturated rings. The number of nitrogens with zero attached hydrogens (tertiary/aromatic N) is 2. The van der Waals surface area contributed by atoms with Crippen LogP contribution in [0.15, 0.2) is 84.9 Å². The topological polar surface area (TPSA) is 64.7 Å². The van der Waals surface area contributed by atoms with E-state index < -0.39 is 5.82 Å². The molecule has 0 aliphatic rings. The number of hydrogen-bond acceptors (Lipinski definition) is 4. The predicted molar refractivity (Wildman–Crippen MR) is 154 cm³/mol. The van der Waals surface area contributed by atoms with Gasteiger partial charge >= 0.3 is 0 Å². The molecular weight excluding hydrogens is 503 g/mol. The molecule has 0 saturated carbocycles. The average molecular weight is 531 g/mol. The number of benzene rings is 4. The van der Waals surface area contributed by atoms with E-state index in [4.69, 9.17) is 11.6 Å². The van der Waals surface area contributed by atoms with E-state index in [2.05, 4.69) is 10.6 Å². The first-order chi connectivity index (χ1) is 18.1. The second-order valence-electron chi connectivity index (χ2n) is 9.18. The summed E-state index contributed by atoms with van der Waals surface area (Å²) in [4.78, 5) is 28.9. The molecule has 0 bridgehead atoms. The first-order valence-corrected chi connectivity index (χ1v) is 12.3. The molecule has 0 heterocycles. The van der Waals surface area contributed by atoms with Crippen molar-refractivity contribution in [2.45, 2.75) is 0 Å². The third-order valence-corrected chi connectivity index (χ3v) is 6.30. The Hall–Kier alpha value is -4.36. The second-order valence-corrected chi connectivity index (χ2v) is 9.59. The molecule has 0 saturated heterocycles. The molecular formula is C30H28ClFN4O2. The van der Waals surface area contributed by atoms with E-state index in [0.29, 0.717) is 33.2 Å². The molecule has 2 amide bonds. The van der Waals surface area contributed by atoms with E-state index in [0.717, 1.165) is 16.8 Å². The standard InChI is InChI=1S/C30H28ClFN4O2/c1-35(2)27-15-13-23(17-25(27)31)33-29(37)21-9-5-19(6-10-21)20-7-11-22(12-8-20)30(38)34-24-14-16-28(36(3)4)26(32)18-24/h5-18H,1-4H3,(H,33,37)(H,34,38). The Labute approximate surface area is 226 Å². The summed E-state index contributed by atoms with van der Waals surface area (Å²) in [7, 11) is 7.30. The van der Waals surface area contributed by atoms with Crippen molar-refractivity contribution in [3.8, 4) is 11.1 Å². The van der Waals surface area contributed by atoms with E-state index >= 15 is 0 Å². The Kier molecular flexibility index (Phi) is 7.98. The van der Waals surface area contributed by atoms with E-state index in [1.165, 1.54) is 6.07 Å². The molecule has 2 N–H and O–H groups in total. The second kappa shape index (κ2) is 11.4. The highest BCUT2D eigenvalue weighted by Gasteiger charge is 2.12. The monoisotopic (exact) mass is 530 g/mol. The van der Waals surface area contributed by atoms with Crippen molar-refractivity contribution in [1.82, 2.24) is 0 Å². The molecule has 0 aromatic heterocycles. The summed E-state index contributed by atoms with van der Waals surface area (Å²) >= 11 is 6.30. The van der Waals surface area contributed by atoms with Gasteiger partial charge in [0.05, 0.1) is 16.4 Å². The van der Waals surface area contributed by atoms with Crippen LogP contribution in [0.5, 0.6) is 0 Å². The Bertz CT molecular complexity index is 1360. The lowest BCUT2D eigenvalue weighted by Crippen LogP contribution is -2.14. The van der Waals surface area contributed by atoms with Gasteiger partial charge in [-0.15, -0.1) is 0 Å². The third-order valence-electron chi connectivity index (χ3n) is 6.00. The van der Waals surface area contributed by atoms with Gasteiger partial charge in [-0.05, 0) is 71.8 Å². The van der Waals surface area contributed by atoms with Gasteiger partial charge in [-0.1, -0.05) is 35.9 Å². The highest BCUT2D eigenvalue weighted by Crippen LogP contribution is 2.28. The lowest BCUT2D eigenvalue weighted by molar-refractivity contribution is 0.101. The molecule has 0 aliphatic carbocycles. The molecule has 4 aromatic carbocycles. The number of nitrogens with one attached hydrogen (secondary N) is 2. The number of rotatable bonds is 7. The van der Waals surface area contributed by atoms with Crippen LogP contribution in [0, 0.1) is 5.82 Å². The molecule has 0 unspecified atom stereocenters. The van der Waals surface area contributed by atoms with Crippen LogP contribution in [0.3, 0.4) is 0 Å². The van der Waals surface area contributed by atoms with Gasteiger partial charge in [0.2, 0.25) is 0 Å². The molecule has 38 heavy (non-hydrogen) atoms. The minimum Gasteiger partial charge on any atom is -0.376 e. The van der Waals surface area contributed by atoms with Crippen LogP contribution in [0.25, 0.3) is 11.1 Å². The van der Waals surface area contributed by atoms with Crippen LogP contribution < -0.4 is 20.4 Å². The zero-order valence-electron chi connectivity index (χ0n) is 21.5. The first kappa shape index (κ1) is 26.7. The minimum atomic E-state index is -0.411. The maximum absolute atomic E-state index is 14.2. The van der Waals surface area contributed by atoms with Crippen molar-refractivity contribution in [3.05, 3.63) is 107 Å². The average Bonchev–Trinajstić information content (AvgIpc) is 2.88. The summed E-state index contributed by atoms with van der Waals surface area (Å²) in [6.07, 6.45) is 0. The van der Waals surface area contributed by atoms with Crippen molar-refractivity contribution in [1.29, 1.82) is 0 Å². The molecule has 0 radical (unpaired) electrons. The summed E-state index contributed by atoms with van der Waals surface area (Å²) in [5, 5.41) is 6.14. The van der Waals surface area contributed by atoms with Gasteiger partial charge in [-0.2, -0.15) is 0 Å². The fraction of sp³-hybridized carbons (Fsp3) is 0.133. The van der Waals surface area contributed by atoms with Crippen LogP contribution in [-0.2, 0) is 0 Å². The fourth-order valence-corrected chi connectivity index (χ4v) is 4.28. The van der Waals surface area contributed by atoms with Gasteiger partial charge < -0.3 is 20.4 Å². The predicted octanol–water partition coefficient (Wildman–Crippen LogP) is 6.78. The summed E-state index contributed by atoms with van der Waals surface area (Å²) < 4.78 is 14.2. The van der Waals surface area contributed by atoms with E-state index in [9.17, 15) is 14.0 Å². The lowest BCUT2D eigenvalue weighted by atomic mass is 10.0. The number of carbonyl (C=O) groups is 2. The summed E-state index contributed by atoms with van der Waals surface area (Å²) in [5.74, 6) is -0.988. The zero-order valence-corrected chi connectivity index (χ0v) is 22.3. The largest absolute Gasteiger partial charge is 0.376 e. The third kappa shape index (κ3) is 6.12. The number of halogens is 2. The highest BCUT2D eigenvalue weighted by atomic mass is 35.5. The number of amides is 2. The van der Waals surface area contributed by atoms with Gasteiger partial charge in [0.25, 0.3) is 11.8 Å². The maximum atomic E-state index is 14.2. The normalized spacial score (nSPS) is 10.6. The summed E-state index contributed by atoms with van der Waals surface area (Å²) in [6.45, 7) is 0. The maximum Gasteiger partial charge on any atom is 0.255 e. The smallest absolute Gasteiger partial charge is 0.255 e. The number of hydrogen-bond donors (Lipinski definition) is 2. The Morgan fingerprint density at radius 2 is 1.05 bits per heavy atom. The van der Waals surface area contributed by atoms with Crippen molar-refractivity contribution in [3.63, 3.8) is 0 Å². The van der Waals surface area contributed by atoms with Gasteiger partial charge in [-0.3, -0.25) is 9.59 Å². The van der Waals surface area contributed by atoms with Crippen molar-refractivity contribution < 1.29 is 14.0 Å². The van der Waals surface area contributed by atoms with Gasteiger partial charge in [-0.25, -0.2) is 4.39 Å². The fourth-order valence-electron chi connectivity index (χ4n) is 3.93. The SMILES string of the molecule is CN(C)c1ccc(NC(=O)c2ccc(-c3ccc(C(=O)Nc4ccc(N(C)C)c(Cl)c4)cc3)cc2)cc1F. The van der Waals surface area contributed by atoms with Crippen molar-refractivity contribution in [2.75, 3.05) is 48.6 Å². The molecule has 6 nitrogen and oxygen atoms in total.